The summed E-state index contributed by atoms with van der Waals surface area (Å²) in [7, 11) is 0. The quantitative estimate of drug-likeness (QED) is 0.721. The van der Waals surface area contributed by atoms with E-state index in [1.165, 1.54) is 17.7 Å². The zero-order chi connectivity index (χ0) is 16.4. The fourth-order valence-corrected chi connectivity index (χ4v) is 3.28. The lowest BCUT2D eigenvalue weighted by molar-refractivity contribution is 0.248. The molecule has 1 atom stereocenters. The van der Waals surface area contributed by atoms with Gasteiger partial charge in [0, 0.05) is 30.5 Å². The lowest BCUT2D eigenvalue weighted by Crippen LogP contribution is -2.23. The Labute approximate surface area is 140 Å². The molecule has 0 amide bonds. The Morgan fingerprint density at radius 3 is 2.62 bits per heavy atom. The molecule has 3 heterocycles. The number of hydrogen-bond donors (Lipinski definition) is 0. The van der Waals surface area contributed by atoms with Crippen LogP contribution in [-0.2, 0) is 6.54 Å². The fourth-order valence-electron chi connectivity index (χ4n) is 3.28. The topological polar surface area (TPSA) is 42.2 Å². The lowest BCUT2D eigenvalue weighted by Gasteiger charge is -2.24. The average molecular weight is 323 g/mol. The van der Waals surface area contributed by atoms with Gasteiger partial charge in [0.1, 0.15) is 5.82 Å². The van der Waals surface area contributed by atoms with Crippen molar-refractivity contribution in [2.45, 2.75) is 25.4 Å². The van der Waals surface area contributed by atoms with Gasteiger partial charge in [-0.1, -0.05) is 12.1 Å². The highest BCUT2D eigenvalue weighted by molar-refractivity contribution is 5.45. The van der Waals surface area contributed by atoms with Gasteiger partial charge in [-0.05, 0) is 49.2 Å². The van der Waals surface area contributed by atoms with Crippen LogP contribution in [0.2, 0.25) is 0 Å². The Kier molecular flexibility index (Phi) is 4.09. The summed E-state index contributed by atoms with van der Waals surface area (Å²) in [6, 6.07) is 10.8. The summed E-state index contributed by atoms with van der Waals surface area (Å²) in [5.41, 5.74) is 2.24. The molecule has 0 aliphatic carbocycles. The number of halogens is 1. The van der Waals surface area contributed by atoms with E-state index in [0.717, 1.165) is 31.5 Å². The van der Waals surface area contributed by atoms with Crippen molar-refractivity contribution < 1.29 is 8.81 Å². The van der Waals surface area contributed by atoms with Crippen molar-refractivity contribution in [3.63, 3.8) is 0 Å². The fraction of sp³-hybridized carbons (Fsp3) is 0.263. The molecule has 0 spiro atoms. The first kappa shape index (κ1) is 15.0. The molecule has 24 heavy (non-hydrogen) atoms. The summed E-state index contributed by atoms with van der Waals surface area (Å²) in [5, 5.41) is 0. The van der Waals surface area contributed by atoms with Crippen LogP contribution in [0.1, 0.15) is 30.0 Å². The van der Waals surface area contributed by atoms with Gasteiger partial charge in [0.2, 0.25) is 0 Å². The van der Waals surface area contributed by atoms with Crippen molar-refractivity contribution >= 4 is 0 Å². The van der Waals surface area contributed by atoms with E-state index in [2.05, 4.69) is 14.9 Å². The molecule has 0 N–H and O–H groups in total. The highest BCUT2D eigenvalue weighted by Crippen LogP contribution is 2.33. The summed E-state index contributed by atoms with van der Waals surface area (Å²) >= 11 is 0. The van der Waals surface area contributed by atoms with E-state index in [4.69, 9.17) is 4.42 Å². The predicted octanol–water partition coefficient (Wildman–Crippen LogP) is 4.21. The van der Waals surface area contributed by atoms with Gasteiger partial charge in [-0.3, -0.25) is 4.90 Å². The van der Waals surface area contributed by atoms with E-state index < -0.39 is 0 Å². The minimum Gasteiger partial charge on any atom is -0.461 e. The maximum Gasteiger partial charge on any atom is 0.195 e. The second kappa shape index (κ2) is 6.53. The highest BCUT2D eigenvalue weighted by Gasteiger charge is 2.26. The second-order valence-electron chi connectivity index (χ2n) is 6.07. The van der Waals surface area contributed by atoms with Gasteiger partial charge in [-0.2, -0.15) is 0 Å². The number of furan rings is 1. The van der Waals surface area contributed by atoms with Gasteiger partial charge in [0.25, 0.3) is 0 Å². The number of likely N-dealkylation sites (tertiary alicyclic amines) is 1. The van der Waals surface area contributed by atoms with Gasteiger partial charge in [0.15, 0.2) is 11.6 Å². The first-order valence-electron chi connectivity index (χ1n) is 8.14. The molecular formula is C19H18FN3O. The van der Waals surface area contributed by atoms with Crippen molar-refractivity contribution in [1.82, 2.24) is 14.9 Å². The van der Waals surface area contributed by atoms with Crippen LogP contribution in [0.5, 0.6) is 0 Å². The zero-order valence-corrected chi connectivity index (χ0v) is 13.2. The molecule has 0 bridgehead atoms. The van der Waals surface area contributed by atoms with E-state index >= 15 is 0 Å². The second-order valence-corrected chi connectivity index (χ2v) is 6.07. The van der Waals surface area contributed by atoms with Crippen molar-refractivity contribution in [3.8, 4) is 11.6 Å². The number of benzene rings is 1. The molecule has 0 radical (unpaired) electrons. The first-order chi connectivity index (χ1) is 11.8. The van der Waals surface area contributed by atoms with Crippen molar-refractivity contribution in [2.24, 2.45) is 0 Å². The molecule has 1 unspecified atom stereocenters. The minimum absolute atomic E-state index is 0.190. The normalized spacial score (nSPS) is 18.1. The van der Waals surface area contributed by atoms with Crippen LogP contribution in [0, 0.1) is 5.82 Å². The number of nitrogens with zero attached hydrogens (tertiary/aromatic N) is 3. The summed E-state index contributed by atoms with van der Waals surface area (Å²) in [4.78, 5) is 11.2. The maximum atomic E-state index is 13.1. The molecule has 0 saturated carbocycles. The van der Waals surface area contributed by atoms with Crippen molar-refractivity contribution in [2.75, 3.05) is 6.54 Å². The van der Waals surface area contributed by atoms with Gasteiger partial charge in [0.05, 0.1) is 6.26 Å². The van der Waals surface area contributed by atoms with Crippen LogP contribution in [0.4, 0.5) is 4.39 Å². The van der Waals surface area contributed by atoms with Crippen LogP contribution in [0.3, 0.4) is 0 Å². The Morgan fingerprint density at radius 1 is 1.12 bits per heavy atom. The van der Waals surface area contributed by atoms with Gasteiger partial charge in [-0.15, -0.1) is 0 Å². The molecule has 5 heteroatoms. The predicted molar refractivity (Wildman–Crippen MR) is 88.5 cm³/mol. The minimum atomic E-state index is -0.190. The molecule has 1 fully saturated rings. The van der Waals surface area contributed by atoms with Crippen LogP contribution in [0.25, 0.3) is 11.6 Å². The summed E-state index contributed by atoms with van der Waals surface area (Å²) < 4.78 is 18.4. The van der Waals surface area contributed by atoms with E-state index in [1.807, 2.05) is 36.7 Å². The average Bonchev–Trinajstić information content (AvgIpc) is 3.28. The van der Waals surface area contributed by atoms with Gasteiger partial charge in [-0.25, -0.2) is 14.4 Å². The summed E-state index contributed by atoms with van der Waals surface area (Å²) in [5.74, 6) is 1.08. The molecule has 1 aliphatic rings. The van der Waals surface area contributed by atoms with E-state index in [-0.39, 0.29) is 5.82 Å². The van der Waals surface area contributed by atoms with Crippen LogP contribution in [-0.4, -0.2) is 21.4 Å². The molecule has 122 valence electrons. The third-order valence-electron chi connectivity index (χ3n) is 4.45. The Morgan fingerprint density at radius 2 is 1.92 bits per heavy atom. The molecule has 2 aromatic heterocycles. The van der Waals surface area contributed by atoms with E-state index in [0.29, 0.717) is 17.6 Å². The Balaban J connectivity index is 1.48. The van der Waals surface area contributed by atoms with Crippen molar-refractivity contribution in [3.05, 3.63) is 72.0 Å². The third-order valence-corrected chi connectivity index (χ3v) is 4.45. The number of hydrogen-bond acceptors (Lipinski definition) is 4. The zero-order valence-electron chi connectivity index (χ0n) is 13.2. The van der Waals surface area contributed by atoms with Gasteiger partial charge >= 0.3 is 0 Å². The monoisotopic (exact) mass is 323 g/mol. The number of aromatic nitrogens is 2. The Hall–Kier alpha value is -2.53. The molecular weight excluding hydrogens is 305 g/mol. The molecule has 1 saturated heterocycles. The largest absolute Gasteiger partial charge is 0.461 e. The highest BCUT2D eigenvalue weighted by atomic mass is 19.1. The van der Waals surface area contributed by atoms with E-state index in [9.17, 15) is 4.39 Å². The van der Waals surface area contributed by atoms with Crippen LogP contribution < -0.4 is 0 Å². The third kappa shape index (κ3) is 3.08. The van der Waals surface area contributed by atoms with Gasteiger partial charge < -0.3 is 4.42 Å². The van der Waals surface area contributed by atoms with E-state index in [1.54, 1.807) is 6.26 Å². The standard InChI is InChI=1S/C19H18FN3O/c20-16-7-5-15(6-8-16)17-3-1-9-23(17)13-14-11-21-19(22-12-14)18-4-2-10-24-18/h2,4-8,10-12,17H,1,3,9,13H2. The first-order valence-corrected chi connectivity index (χ1v) is 8.14. The SMILES string of the molecule is Fc1ccc(C2CCCN2Cc2cnc(-c3ccco3)nc2)cc1. The van der Waals surface area contributed by atoms with Crippen LogP contribution in [0.15, 0.2) is 59.5 Å². The Bertz CT molecular complexity index is 784. The molecule has 1 aliphatic heterocycles. The maximum absolute atomic E-state index is 13.1. The van der Waals surface area contributed by atoms with Crippen LogP contribution >= 0.6 is 0 Å². The summed E-state index contributed by atoms with van der Waals surface area (Å²) in [6.07, 6.45) is 7.56. The molecule has 3 aromatic rings. The lowest BCUT2D eigenvalue weighted by atomic mass is 10.0. The molecule has 4 rings (SSSR count). The number of rotatable bonds is 4. The smallest absolute Gasteiger partial charge is 0.195 e. The molecule has 4 nitrogen and oxygen atoms in total. The summed E-state index contributed by atoms with van der Waals surface area (Å²) in [6.45, 7) is 1.82. The molecule has 1 aromatic carbocycles. The van der Waals surface area contributed by atoms with Crippen molar-refractivity contribution in [1.29, 1.82) is 0 Å².